The molecule has 4 rings (SSSR count). The Labute approximate surface area is 167 Å². The number of halogens is 1. The van der Waals surface area contributed by atoms with Crippen molar-refractivity contribution in [1.82, 2.24) is 4.57 Å². The Kier molecular flexibility index (Phi) is 4.58. The average molecular weight is 393 g/mol. The number of rotatable bonds is 3. The lowest BCUT2D eigenvalue weighted by molar-refractivity contribution is -0.122. The van der Waals surface area contributed by atoms with Crippen molar-refractivity contribution in [3.63, 3.8) is 0 Å². The van der Waals surface area contributed by atoms with Gasteiger partial charge in [0.1, 0.15) is 11.6 Å². The summed E-state index contributed by atoms with van der Waals surface area (Å²) in [5, 5.41) is 5.62. The number of fused-ring (bicyclic) bond motifs is 1. The van der Waals surface area contributed by atoms with Crippen LogP contribution in [0.25, 0.3) is 5.69 Å². The summed E-state index contributed by atoms with van der Waals surface area (Å²) in [5.41, 5.74) is 3.96. The minimum atomic E-state index is -0.556. The van der Waals surface area contributed by atoms with E-state index in [-0.39, 0.29) is 17.6 Å². The zero-order chi connectivity index (χ0) is 20.7. The van der Waals surface area contributed by atoms with E-state index in [9.17, 15) is 14.0 Å². The van der Waals surface area contributed by atoms with Crippen LogP contribution in [0.4, 0.5) is 15.8 Å². The van der Waals surface area contributed by atoms with E-state index in [1.54, 1.807) is 43.3 Å². The first-order valence-electron chi connectivity index (χ1n) is 9.21. The van der Waals surface area contributed by atoms with Gasteiger partial charge in [-0.2, -0.15) is 0 Å². The normalized spacial score (nSPS) is 15.3. The Morgan fingerprint density at radius 3 is 2.59 bits per heavy atom. The number of benzene rings is 2. The lowest BCUT2D eigenvalue weighted by Gasteiger charge is -2.23. The zero-order valence-electron chi connectivity index (χ0n) is 16.2. The number of carbonyl (C=O) groups is 2. The maximum absolute atomic E-state index is 13.2. The Bertz CT molecular complexity index is 1120. The van der Waals surface area contributed by atoms with E-state index in [1.807, 2.05) is 18.4 Å². The van der Waals surface area contributed by atoms with Crippen molar-refractivity contribution in [2.24, 2.45) is 0 Å². The minimum absolute atomic E-state index is 0.233. The number of hydrogen-bond donors (Lipinski definition) is 2. The number of hydrogen-bond acceptors (Lipinski definition) is 3. The van der Waals surface area contributed by atoms with Crippen molar-refractivity contribution in [3.05, 3.63) is 71.3 Å². The van der Waals surface area contributed by atoms with Gasteiger partial charge in [-0.15, -0.1) is 0 Å². The summed E-state index contributed by atoms with van der Waals surface area (Å²) < 4.78 is 20.7. The molecule has 6 nitrogen and oxygen atoms in total. The summed E-state index contributed by atoms with van der Waals surface area (Å²) in [6.45, 7) is 5.40. The Hall–Kier alpha value is -3.61. The Morgan fingerprint density at radius 2 is 1.86 bits per heavy atom. The zero-order valence-corrected chi connectivity index (χ0v) is 16.2. The molecule has 2 aromatic carbocycles. The summed E-state index contributed by atoms with van der Waals surface area (Å²) in [7, 11) is 0. The number of aryl methyl sites for hydroxylation is 1. The van der Waals surface area contributed by atoms with Crippen LogP contribution >= 0.6 is 0 Å². The first-order valence-corrected chi connectivity index (χ1v) is 9.21. The lowest BCUT2D eigenvalue weighted by Crippen LogP contribution is -2.34. The van der Waals surface area contributed by atoms with Crippen LogP contribution in [0.2, 0.25) is 0 Å². The SMILES string of the molecule is Cc1cc(C(=O)Nc2ccc3c(c2)NC(=O)[C@H](C)O3)c(C)n1-c1ccc(F)cc1. The third kappa shape index (κ3) is 3.47. The lowest BCUT2D eigenvalue weighted by atomic mass is 10.2. The monoisotopic (exact) mass is 393 g/mol. The molecule has 3 aromatic rings. The fourth-order valence-corrected chi connectivity index (χ4v) is 3.47. The van der Waals surface area contributed by atoms with Crippen LogP contribution in [-0.4, -0.2) is 22.5 Å². The topological polar surface area (TPSA) is 72.4 Å². The maximum atomic E-state index is 13.2. The molecule has 0 spiro atoms. The maximum Gasteiger partial charge on any atom is 0.265 e. The number of nitrogens with one attached hydrogen (secondary N) is 2. The summed E-state index contributed by atoms with van der Waals surface area (Å²) >= 11 is 0. The summed E-state index contributed by atoms with van der Waals surface area (Å²) in [6.07, 6.45) is -0.556. The number of nitrogens with zero attached hydrogens (tertiary/aromatic N) is 1. The van der Waals surface area contributed by atoms with Gasteiger partial charge in [-0.3, -0.25) is 9.59 Å². The average Bonchev–Trinajstić information content (AvgIpc) is 2.98. The van der Waals surface area contributed by atoms with Gasteiger partial charge in [-0.25, -0.2) is 4.39 Å². The van der Waals surface area contributed by atoms with E-state index in [2.05, 4.69) is 10.6 Å². The smallest absolute Gasteiger partial charge is 0.265 e. The van der Waals surface area contributed by atoms with Gasteiger partial charge in [0.15, 0.2) is 6.10 Å². The van der Waals surface area contributed by atoms with Crippen LogP contribution in [0, 0.1) is 19.7 Å². The molecule has 29 heavy (non-hydrogen) atoms. The number of aromatic nitrogens is 1. The largest absolute Gasteiger partial charge is 0.479 e. The van der Waals surface area contributed by atoms with Crippen molar-refractivity contribution in [3.8, 4) is 11.4 Å². The van der Waals surface area contributed by atoms with E-state index >= 15 is 0 Å². The Balaban J connectivity index is 1.60. The first kappa shape index (κ1) is 18.7. The fourth-order valence-electron chi connectivity index (χ4n) is 3.47. The predicted octanol–water partition coefficient (Wildman–Crippen LogP) is 4.20. The molecule has 0 saturated heterocycles. The minimum Gasteiger partial charge on any atom is -0.479 e. The van der Waals surface area contributed by atoms with Crippen LogP contribution in [0.5, 0.6) is 5.75 Å². The molecule has 0 radical (unpaired) electrons. The third-order valence-corrected chi connectivity index (χ3v) is 4.93. The van der Waals surface area contributed by atoms with Crippen LogP contribution in [-0.2, 0) is 4.79 Å². The standard InChI is InChI=1S/C22H20FN3O3/c1-12-10-18(13(2)26(12)17-7-4-15(23)5-8-17)22(28)24-16-6-9-20-19(11-16)25-21(27)14(3)29-20/h4-11,14H,1-3H3,(H,24,28)(H,25,27)/t14-/m0/s1. The van der Waals surface area contributed by atoms with Crippen molar-refractivity contribution in [2.45, 2.75) is 26.9 Å². The van der Waals surface area contributed by atoms with Gasteiger partial charge in [0.05, 0.1) is 11.3 Å². The van der Waals surface area contributed by atoms with Gasteiger partial charge < -0.3 is 19.9 Å². The van der Waals surface area contributed by atoms with E-state index in [0.717, 1.165) is 17.1 Å². The summed E-state index contributed by atoms with van der Waals surface area (Å²) in [6, 6.07) is 13.0. The molecular formula is C22H20FN3O3. The molecule has 0 unspecified atom stereocenters. The highest BCUT2D eigenvalue weighted by atomic mass is 19.1. The second-order valence-corrected chi connectivity index (χ2v) is 7.01. The quantitative estimate of drug-likeness (QED) is 0.700. The van der Waals surface area contributed by atoms with Gasteiger partial charge in [0.2, 0.25) is 0 Å². The van der Waals surface area contributed by atoms with Crippen LogP contribution in [0.3, 0.4) is 0 Å². The second-order valence-electron chi connectivity index (χ2n) is 7.01. The molecular weight excluding hydrogens is 373 g/mol. The van der Waals surface area contributed by atoms with Gasteiger partial charge >= 0.3 is 0 Å². The van der Waals surface area contributed by atoms with Crippen molar-refractivity contribution >= 4 is 23.2 Å². The van der Waals surface area contributed by atoms with E-state index in [1.165, 1.54) is 12.1 Å². The second kappa shape index (κ2) is 7.09. The molecule has 1 aliphatic rings. The van der Waals surface area contributed by atoms with Crippen molar-refractivity contribution < 1.29 is 18.7 Å². The number of amides is 2. The summed E-state index contributed by atoms with van der Waals surface area (Å²) in [4.78, 5) is 24.7. The molecule has 2 heterocycles. The Morgan fingerprint density at radius 1 is 1.14 bits per heavy atom. The molecule has 0 aliphatic carbocycles. The summed E-state index contributed by atoms with van der Waals surface area (Å²) in [5.74, 6) is -0.261. The van der Waals surface area contributed by atoms with Gasteiger partial charge in [-0.05, 0) is 69.3 Å². The first-order chi connectivity index (χ1) is 13.8. The molecule has 0 fully saturated rings. The van der Waals surface area contributed by atoms with E-state index in [0.29, 0.717) is 22.7 Å². The highest BCUT2D eigenvalue weighted by molar-refractivity contribution is 6.06. The van der Waals surface area contributed by atoms with E-state index < -0.39 is 6.10 Å². The molecule has 1 aliphatic heterocycles. The van der Waals surface area contributed by atoms with Crippen LogP contribution in [0.1, 0.15) is 28.7 Å². The van der Waals surface area contributed by atoms with Crippen molar-refractivity contribution in [1.29, 1.82) is 0 Å². The van der Waals surface area contributed by atoms with E-state index in [4.69, 9.17) is 4.74 Å². The predicted molar refractivity (Wildman–Crippen MR) is 108 cm³/mol. The fraction of sp³-hybridized carbons (Fsp3) is 0.182. The molecule has 148 valence electrons. The molecule has 7 heteroatoms. The molecule has 2 amide bonds. The van der Waals surface area contributed by atoms with Crippen LogP contribution in [0.15, 0.2) is 48.5 Å². The molecule has 1 aromatic heterocycles. The molecule has 2 N–H and O–H groups in total. The van der Waals surface area contributed by atoms with Gasteiger partial charge in [0.25, 0.3) is 11.8 Å². The van der Waals surface area contributed by atoms with Gasteiger partial charge in [0, 0.05) is 22.8 Å². The van der Waals surface area contributed by atoms with Crippen molar-refractivity contribution in [2.75, 3.05) is 10.6 Å². The number of ether oxygens (including phenoxy) is 1. The highest BCUT2D eigenvalue weighted by Crippen LogP contribution is 2.32. The number of anilines is 2. The molecule has 0 bridgehead atoms. The molecule has 1 atom stereocenters. The van der Waals surface area contributed by atoms with Crippen LogP contribution < -0.4 is 15.4 Å². The number of carbonyl (C=O) groups excluding carboxylic acids is 2. The third-order valence-electron chi connectivity index (χ3n) is 4.93. The molecule has 0 saturated carbocycles. The highest BCUT2D eigenvalue weighted by Gasteiger charge is 2.24. The van der Waals surface area contributed by atoms with Gasteiger partial charge in [-0.1, -0.05) is 0 Å².